The van der Waals surface area contributed by atoms with E-state index in [9.17, 15) is 23.1 Å². The number of ether oxygens (including phenoxy) is 1. The number of rotatable bonds is 6. The molecule has 0 aromatic heterocycles. The molecular formula is C22H17F3O3. The molecule has 6 heteroatoms. The number of benzene rings is 3. The second-order valence-corrected chi connectivity index (χ2v) is 6.24. The van der Waals surface area contributed by atoms with E-state index in [1.807, 2.05) is 30.3 Å². The second kappa shape index (κ2) is 8.17. The zero-order valence-electron chi connectivity index (χ0n) is 14.7. The van der Waals surface area contributed by atoms with Crippen molar-refractivity contribution in [3.63, 3.8) is 0 Å². The molecule has 3 aromatic carbocycles. The normalized spacial score (nSPS) is 12.4. The van der Waals surface area contributed by atoms with Gasteiger partial charge in [-0.3, -0.25) is 0 Å². The Bertz CT molecular complexity index is 935. The van der Waals surface area contributed by atoms with Crippen molar-refractivity contribution in [2.75, 3.05) is 0 Å². The SMILES string of the molecule is O=C(O)[C@@H](Cc1cccc(C(F)(F)F)c1)Oc1ccc(-c2ccccc2)cc1. The van der Waals surface area contributed by atoms with E-state index in [1.54, 1.807) is 24.3 Å². The Morgan fingerprint density at radius 2 is 1.54 bits per heavy atom. The fourth-order valence-electron chi connectivity index (χ4n) is 2.79. The lowest BCUT2D eigenvalue weighted by molar-refractivity contribution is -0.145. The quantitative estimate of drug-likeness (QED) is 0.613. The van der Waals surface area contributed by atoms with Crippen molar-refractivity contribution >= 4 is 5.97 Å². The highest BCUT2D eigenvalue weighted by Gasteiger charge is 2.31. The molecule has 0 bridgehead atoms. The summed E-state index contributed by atoms with van der Waals surface area (Å²) in [6.07, 6.45) is -5.96. The second-order valence-electron chi connectivity index (χ2n) is 6.24. The van der Waals surface area contributed by atoms with Gasteiger partial charge in [0.1, 0.15) is 5.75 Å². The summed E-state index contributed by atoms with van der Waals surface area (Å²) in [5.74, 6) is -0.913. The van der Waals surface area contributed by atoms with Crippen LogP contribution >= 0.6 is 0 Å². The molecule has 0 aliphatic rings. The Morgan fingerprint density at radius 1 is 0.893 bits per heavy atom. The van der Waals surface area contributed by atoms with Gasteiger partial charge >= 0.3 is 12.1 Å². The average Bonchev–Trinajstić information content (AvgIpc) is 2.68. The molecule has 1 N–H and O–H groups in total. The molecule has 3 aromatic rings. The highest BCUT2D eigenvalue weighted by Crippen LogP contribution is 2.30. The summed E-state index contributed by atoms with van der Waals surface area (Å²) in [6.45, 7) is 0. The van der Waals surface area contributed by atoms with Crippen LogP contribution in [0.1, 0.15) is 11.1 Å². The van der Waals surface area contributed by atoms with Gasteiger partial charge in [0.15, 0.2) is 6.10 Å². The summed E-state index contributed by atoms with van der Waals surface area (Å²) in [4.78, 5) is 11.5. The number of halogens is 3. The first-order valence-electron chi connectivity index (χ1n) is 8.54. The maximum atomic E-state index is 12.8. The van der Waals surface area contributed by atoms with Crippen LogP contribution in [0, 0.1) is 0 Å². The summed E-state index contributed by atoms with van der Waals surface area (Å²) in [5.41, 5.74) is 1.37. The third kappa shape index (κ3) is 4.91. The summed E-state index contributed by atoms with van der Waals surface area (Å²) in [5, 5.41) is 9.41. The molecule has 0 saturated heterocycles. The molecule has 0 amide bonds. The summed E-state index contributed by atoms with van der Waals surface area (Å²) >= 11 is 0. The predicted octanol–water partition coefficient (Wildman–Crippen LogP) is 5.45. The average molecular weight is 386 g/mol. The first-order chi connectivity index (χ1) is 13.3. The summed E-state index contributed by atoms with van der Waals surface area (Å²) < 4.78 is 44.0. The lowest BCUT2D eigenvalue weighted by Gasteiger charge is -2.16. The van der Waals surface area contributed by atoms with Crippen molar-refractivity contribution < 1.29 is 27.8 Å². The standard InChI is InChI=1S/C22H17F3O3/c23-22(24,25)18-8-4-5-15(13-18)14-20(21(26)27)28-19-11-9-17(10-12-19)16-6-2-1-3-7-16/h1-13,20H,14H2,(H,26,27)/t20-/m1/s1. The minimum atomic E-state index is -4.48. The molecule has 28 heavy (non-hydrogen) atoms. The first-order valence-corrected chi connectivity index (χ1v) is 8.54. The van der Waals surface area contributed by atoms with E-state index < -0.39 is 23.8 Å². The molecule has 0 unspecified atom stereocenters. The van der Waals surface area contributed by atoms with Gasteiger partial charge in [0.25, 0.3) is 0 Å². The van der Waals surface area contributed by atoms with E-state index in [2.05, 4.69) is 0 Å². The van der Waals surface area contributed by atoms with Gasteiger partial charge in [-0.25, -0.2) is 4.79 Å². The Labute approximate surface area is 160 Å². The maximum Gasteiger partial charge on any atom is 0.416 e. The molecule has 0 radical (unpaired) electrons. The van der Waals surface area contributed by atoms with Crippen LogP contribution in [-0.4, -0.2) is 17.2 Å². The van der Waals surface area contributed by atoms with Crippen LogP contribution in [0.15, 0.2) is 78.9 Å². The zero-order valence-corrected chi connectivity index (χ0v) is 14.7. The van der Waals surface area contributed by atoms with Gasteiger partial charge in [-0.2, -0.15) is 13.2 Å². The van der Waals surface area contributed by atoms with E-state index in [0.717, 1.165) is 23.3 Å². The van der Waals surface area contributed by atoms with Crippen molar-refractivity contribution in [3.05, 3.63) is 90.0 Å². The molecule has 0 aliphatic carbocycles. The number of hydrogen-bond acceptors (Lipinski definition) is 2. The van der Waals surface area contributed by atoms with Crippen LogP contribution in [0.3, 0.4) is 0 Å². The first kappa shape index (κ1) is 19.5. The Kier molecular flexibility index (Phi) is 5.68. The van der Waals surface area contributed by atoms with Crippen LogP contribution in [0.2, 0.25) is 0 Å². The van der Waals surface area contributed by atoms with Crippen LogP contribution in [0.25, 0.3) is 11.1 Å². The van der Waals surface area contributed by atoms with Crippen LogP contribution in [0.4, 0.5) is 13.2 Å². The Hall–Kier alpha value is -3.28. The van der Waals surface area contributed by atoms with Crippen molar-refractivity contribution in [1.82, 2.24) is 0 Å². The molecule has 0 spiro atoms. The molecule has 0 fully saturated rings. The largest absolute Gasteiger partial charge is 0.478 e. The topological polar surface area (TPSA) is 46.5 Å². The number of carbonyl (C=O) groups is 1. The molecule has 3 rings (SSSR count). The van der Waals surface area contributed by atoms with Gasteiger partial charge < -0.3 is 9.84 Å². The van der Waals surface area contributed by atoms with Gasteiger partial charge in [0, 0.05) is 6.42 Å². The Balaban J connectivity index is 1.74. The lowest BCUT2D eigenvalue weighted by atomic mass is 10.0. The van der Waals surface area contributed by atoms with E-state index in [4.69, 9.17) is 4.74 Å². The fraction of sp³-hybridized carbons (Fsp3) is 0.136. The highest BCUT2D eigenvalue weighted by atomic mass is 19.4. The molecular weight excluding hydrogens is 369 g/mol. The van der Waals surface area contributed by atoms with Gasteiger partial charge in [0.2, 0.25) is 0 Å². The lowest BCUT2D eigenvalue weighted by Crippen LogP contribution is -2.29. The van der Waals surface area contributed by atoms with Crippen LogP contribution in [-0.2, 0) is 17.4 Å². The van der Waals surface area contributed by atoms with E-state index in [0.29, 0.717) is 5.75 Å². The smallest absolute Gasteiger partial charge is 0.416 e. The van der Waals surface area contributed by atoms with Crippen molar-refractivity contribution in [2.24, 2.45) is 0 Å². The molecule has 0 heterocycles. The van der Waals surface area contributed by atoms with Gasteiger partial charge in [-0.15, -0.1) is 0 Å². The van der Waals surface area contributed by atoms with Crippen LogP contribution < -0.4 is 4.74 Å². The molecule has 3 nitrogen and oxygen atoms in total. The number of carboxylic acid groups (broad SMARTS) is 1. The zero-order chi connectivity index (χ0) is 20.1. The van der Waals surface area contributed by atoms with E-state index in [-0.39, 0.29) is 12.0 Å². The minimum absolute atomic E-state index is 0.181. The van der Waals surface area contributed by atoms with Gasteiger partial charge in [0.05, 0.1) is 5.56 Å². The minimum Gasteiger partial charge on any atom is -0.478 e. The number of hydrogen-bond donors (Lipinski definition) is 1. The monoisotopic (exact) mass is 386 g/mol. The van der Waals surface area contributed by atoms with Gasteiger partial charge in [-0.05, 0) is 34.9 Å². The van der Waals surface area contributed by atoms with E-state index >= 15 is 0 Å². The molecule has 1 atom stereocenters. The Morgan fingerprint density at radius 3 is 2.14 bits per heavy atom. The van der Waals surface area contributed by atoms with Gasteiger partial charge in [-0.1, -0.05) is 60.7 Å². The highest BCUT2D eigenvalue weighted by molar-refractivity contribution is 5.73. The third-order valence-corrected chi connectivity index (χ3v) is 4.19. The molecule has 0 saturated carbocycles. The number of alkyl halides is 3. The number of carboxylic acids is 1. The third-order valence-electron chi connectivity index (χ3n) is 4.19. The van der Waals surface area contributed by atoms with Crippen molar-refractivity contribution in [3.8, 4) is 16.9 Å². The maximum absolute atomic E-state index is 12.8. The van der Waals surface area contributed by atoms with Crippen molar-refractivity contribution in [1.29, 1.82) is 0 Å². The summed E-state index contributed by atoms with van der Waals surface area (Å²) in [7, 11) is 0. The molecule has 144 valence electrons. The van der Waals surface area contributed by atoms with Crippen LogP contribution in [0.5, 0.6) is 5.75 Å². The molecule has 0 aliphatic heterocycles. The summed E-state index contributed by atoms with van der Waals surface area (Å²) in [6, 6.07) is 21.1. The van der Waals surface area contributed by atoms with E-state index in [1.165, 1.54) is 12.1 Å². The fourth-order valence-corrected chi connectivity index (χ4v) is 2.79. The number of aliphatic carboxylic acids is 1. The predicted molar refractivity (Wildman–Crippen MR) is 99.1 cm³/mol. The van der Waals surface area contributed by atoms with Crippen molar-refractivity contribution in [2.45, 2.75) is 18.7 Å².